The number of piperazine rings is 1. The molecule has 0 unspecified atom stereocenters. The van der Waals surface area contributed by atoms with Gasteiger partial charge in [-0.25, -0.2) is 14.8 Å². The first-order chi connectivity index (χ1) is 15.3. The van der Waals surface area contributed by atoms with Crippen LogP contribution in [0.1, 0.15) is 6.92 Å². The van der Waals surface area contributed by atoms with Gasteiger partial charge in [-0.15, -0.1) is 13.2 Å². The van der Waals surface area contributed by atoms with Crippen molar-refractivity contribution in [2.24, 2.45) is 0 Å². The summed E-state index contributed by atoms with van der Waals surface area (Å²) in [5, 5.41) is 0.859. The Kier molecular flexibility index (Phi) is 6.02. The maximum atomic E-state index is 12.4. The summed E-state index contributed by atoms with van der Waals surface area (Å²) in [4.78, 5) is 25.0. The Labute approximate surface area is 182 Å². The normalized spacial score (nSPS) is 14.5. The van der Waals surface area contributed by atoms with Gasteiger partial charge in [-0.3, -0.25) is 0 Å². The van der Waals surface area contributed by atoms with Crippen LogP contribution in [0.15, 0.2) is 48.5 Å². The second-order valence-corrected chi connectivity index (χ2v) is 7.13. The molecule has 3 aromatic rings. The van der Waals surface area contributed by atoms with Crippen molar-refractivity contribution in [1.82, 2.24) is 14.9 Å². The van der Waals surface area contributed by atoms with Crippen LogP contribution in [0.5, 0.6) is 5.75 Å². The zero-order valence-corrected chi connectivity index (χ0v) is 17.3. The lowest BCUT2D eigenvalue weighted by Crippen LogP contribution is -2.49. The van der Waals surface area contributed by atoms with E-state index in [1.807, 2.05) is 24.3 Å². The molecule has 0 N–H and O–H groups in total. The van der Waals surface area contributed by atoms with Crippen molar-refractivity contribution >= 4 is 22.8 Å². The van der Waals surface area contributed by atoms with Gasteiger partial charge >= 0.3 is 12.5 Å². The van der Waals surface area contributed by atoms with Crippen molar-refractivity contribution in [2.45, 2.75) is 13.3 Å². The highest BCUT2D eigenvalue weighted by Gasteiger charge is 2.31. The van der Waals surface area contributed by atoms with E-state index in [4.69, 9.17) is 9.72 Å². The van der Waals surface area contributed by atoms with Crippen molar-refractivity contribution in [1.29, 1.82) is 0 Å². The number of nitrogens with zero attached hydrogens (tertiary/aromatic N) is 4. The van der Waals surface area contributed by atoms with E-state index in [0.717, 1.165) is 10.9 Å². The molecule has 2 aromatic carbocycles. The van der Waals surface area contributed by atoms with E-state index in [9.17, 15) is 18.0 Å². The largest absolute Gasteiger partial charge is 0.573 e. The number of para-hydroxylation sites is 1. The third-order valence-corrected chi connectivity index (χ3v) is 5.03. The van der Waals surface area contributed by atoms with Gasteiger partial charge in [-0.1, -0.05) is 12.1 Å². The van der Waals surface area contributed by atoms with Crippen LogP contribution in [0.2, 0.25) is 0 Å². The predicted octanol–water partition coefficient (Wildman–Crippen LogP) is 4.47. The van der Waals surface area contributed by atoms with E-state index < -0.39 is 6.36 Å². The van der Waals surface area contributed by atoms with Crippen molar-refractivity contribution in [3.63, 3.8) is 0 Å². The molecule has 1 amide bonds. The van der Waals surface area contributed by atoms with Crippen LogP contribution in [0.3, 0.4) is 0 Å². The second-order valence-electron chi connectivity index (χ2n) is 7.13. The number of hydrogen-bond acceptors (Lipinski definition) is 6. The number of anilines is 1. The number of rotatable bonds is 4. The Bertz CT molecular complexity index is 1100. The quantitative estimate of drug-likeness (QED) is 0.589. The molecule has 4 rings (SSSR count). The van der Waals surface area contributed by atoms with Crippen LogP contribution in [-0.2, 0) is 4.74 Å². The van der Waals surface area contributed by atoms with Gasteiger partial charge in [0.15, 0.2) is 5.82 Å². The predicted molar refractivity (Wildman–Crippen MR) is 112 cm³/mol. The Morgan fingerprint density at radius 1 is 1.00 bits per heavy atom. The molecule has 1 fully saturated rings. The lowest BCUT2D eigenvalue weighted by Gasteiger charge is -2.35. The van der Waals surface area contributed by atoms with Gasteiger partial charge in [0.1, 0.15) is 11.6 Å². The van der Waals surface area contributed by atoms with Gasteiger partial charge in [-0.05, 0) is 43.3 Å². The molecule has 7 nitrogen and oxygen atoms in total. The van der Waals surface area contributed by atoms with E-state index in [1.165, 1.54) is 24.3 Å². The summed E-state index contributed by atoms with van der Waals surface area (Å²) in [6.45, 7) is 4.22. The zero-order valence-electron chi connectivity index (χ0n) is 17.3. The fraction of sp³-hybridized carbons (Fsp3) is 0.318. The molecule has 0 radical (unpaired) electrons. The van der Waals surface area contributed by atoms with Gasteiger partial charge in [0.25, 0.3) is 0 Å². The van der Waals surface area contributed by atoms with Crippen molar-refractivity contribution in [3.8, 4) is 17.1 Å². The molecule has 1 aromatic heterocycles. The van der Waals surface area contributed by atoms with Gasteiger partial charge < -0.3 is 19.3 Å². The van der Waals surface area contributed by atoms with Gasteiger partial charge in [0.2, 0.25) is 0 Å². The van der Waals surface area contributed by atoms with Crippen LogP contribution < -0.4 is 9.64 Å². The summed E-state index contributed by atoms with van der Waals surface area (Å²) in [7, 11) is 0. The molecule has 32 heavy (non-hydrogen) atoms. The molecular formula is C22H21F3N4O3. The van der Waals surface area contributed by atoms with Crippen molar-refractivity contribution < 1.29 is 27.4 Å². The van der Waals surface area contributed by atoms with Crippen LogP contribution in [0, 0.1) is 0 Å². The fourth-order valence-electron chi connectivity index (χ4n) is 3.55. The molecule has 1 aliphatic heterocycles. The SMILES string of the molecule is CCOC(=O)N1CCN(c2nc(-c3ccc(OC(F)(F)F)cc3)nc3ccccc23)CC1. The number of fused-ring (bicyclic) bond motifs is 1. The highest BCUT2D eigenvalue weighted by atomic mass is 19.4. The number of halogens is 3. The Balaban J connectivity index is 1.62. The topological polar surface area (TPSA) is 67.8 Å². The summed E-state index contributed by atoms with van der Waals surface area (Å²) in [6.07, 6.45) is -5.08. The first-order valence-corrected chi connectivity index (χ1v) is 10.1. The van der Waals surface area contributed by atoms with Gasteiger partial charge in [-0.2, -0.15) is 0 Å². The molecule has 2 heterocycles. The molecule has 0 bridgehead atoms. The summed E-state index contributed by atoms with van der Waals surface area (Å²) in [6, 6.07) is 13.0. The van der Waals surface area contributed by atoms with Crippen LogP contribution in [-0.4, -0.2) is 60.1 Å². The minimum absolute atomic E-state index is 0.308. The number of carbonyl (C=O) groups is 1. The van der Waals surface area contributed by atoms with E-state index in [1.54, 1.807) is 11.8 Å². The summed E-state index contributed by atoms with van der Waals surface area (Å²) in [5.74, 6) is 0.798. The standard InChI is InChI=1S/C22H21F3N4O3/c1-2-31-21(30)29-13-11-28(12-14-29)20-17-5-3-4-6-18(17)26-19(27-20)15-7-9-16(10-8-15)32-22(23,24)25/h3-10H,2,11-14H2,1H3. The summed E-state index contributed by atoms with van der Waals surface area (Å²) in [5.41, 5.74) is 1.28. The highest BCUT2D eigenvalue weighted by Crippen LogP contribution is 2.30. The summed E-state index contributed by atoms with van der Waals surface area (Å²) >= 11 is 0. The summed E-state index contributed by atoms with van der Waals surface area (Å²) < 4.78 is 46.3. The second kappa shape index (κ2) is 8.89. The fourth-order valence-corrected chi connectivity index (χ4v) is 3.55. The van der Waals surface area contributed by atoms with E-state index in [0.29, 0.717) is 50.0 Å². The van der Waals surface area contributed by atoms with Crippen LogP contribution in [0.4, 0.5) is 23.8 Å². The van der Waals surface area contributed by atoms with Gasteiger partial charge in [0.05, 0.1) is 12.1 Å². The Morgan fingerprint density at radius 2 is 1.69 bits per heavy atom. The van der Waals surface area contributed by atoms with E-state index in [2.05, 4.69) is 14.6 Å². The number of benzene rings is 2. The first-order valence-electron chi connectivity index (χ1n) is 10.1. The smallest absolute Gasteiger partial charge is 0.450 e. The maximum absolute atomic E-state index is 12.4. The molecule has 168 valence electrons. The number of aromatic nitrogens is 2. The number of amides is 1. The lowest BCUT2D eigenvalue weighted by atomic mass is 10.1. The van der Waals surface area contributed by atoms with Crippen molar-refractivity contribution in [2.75, 3.05) is 37.7 Å². The molecule has 0 saturated carbocycles. The molecule has 1 saturated heterocycles. The first kappa shape index (κ1) is 21.7. The monoisotopic (exact) mass is 446 g/mol. The number of ether oxygens (including phenoxy) is 2. The van der Waals surface area contributed by atoms with E-state index in [-0.39, 0.29) is 11.8 Å². The number of hydrogen-bond donors (Lipinski definition) is 0. The number of carbonyl (C=O) groups excluding carboxylic acids is 1. The molecule has 10 heteroatoms. The molecule has 0 atom stereocenters. The van der Waals surface area contributed by atoms with Crippen LogP contribution in [0.25, 0.3) is 22.3 Å². The third kappa shape index (κ3) is 4.84. The Hall–Kier alpha value is -3.56. The molecular weight excluding hydrogens is 425 g/mol. The lowest BCUT2D eigenvalue weighted by molar-refractivity contribution is -0.274. The average molecular weight is 446 g/mol. The highest BCUT2D eigenvalue weighted by molar-refractivity contribution is 5.91. The molecule has 1 aliphatic rings. The molecule has 0 aliphatic carbocycles. The average Bonchev–Trinajstić information content (AvgIpc) is 2.78. The molecule has 0 spiro atoms. The minimum Gasteiger partial charge on any atom is -0.450 e. The maximum Gasteiger partial charge on any atom is 0.573 e. The van der Waals surface area contributed by atoms with Crippen LogP contribution >= 0.6 is 0 Å². The Morgan fingerprint density at radius 3 is 2.34 bits per heavy atom. The minimum atomic E-state index is -4.75. The number of alkyl halides is 3. The zero-order chi connectivity index (χ0) is 22.7. The van der Waals surface area contributed by atoms with E-state index >= 15 is 0 Å². The third-order valence-electron chi connectivity index (χ3n) is 5.03. The van der Waals surface area contributed by atoms with Gasteiger partial charge in [0, 0.05) is 37.1 Å². The van der Waals surface area contributed by atoms with Crippen molar-refractivity contribution in [3.05, 3.63) is 48.5 Å².